The van der Waals surface area contributed by atoms with Gasteiger partial charge in [-0.25, -0.2) is 4.57 Å². The van der Waals surface area contributed by atoms with E-state index in [1.54, 1.807) is 12.1 Å². The van der Waals surface area contributed by atoms with Gasteiger partial charge in [0.1, 0.15) is 0 Å². The van der Waals surface area contributed by atoms with Gasteiger partial charge in [-0.15, -0.1) is 0 Å². The first-order valence-electron chi connectivity index (χ1n) is 6.62. The summed E-state index contributed by atoms with van der Waals surface area (Å²) in [5.74, 6) is 0.220. The fourth-order valence-corrected chi connectivity index (χ4v) is 2.34. The van der Waals surface area contributed by atoms with Crippen LogP contribution >= 0.6 is 19.7 Å². The Morgan fingerprint density at radius 3 is 2.43 bits per heavy atom. The molecule has 122 valence electrons. The molecule has 23 heavy (non-hydrogen) atoms. The van der Waals surface area contributed by atoms with Gasteiger partial charge in [0, 0.05) is 22.8 Å². The summed E-state index contributed by atoms with van der Waals surface area (Å²) in [5.41, 5.74) is 8.30. The molecule has 4 N–H and O–H groups in total. The third-order valence-corrected chi connectivity index (χ3v) is 4.05. The van der Waals surface area contributed by atoms with Crippen LogP contribution < -0.4 is 10.3 Å². The number of fused-ring (bicyclic) bond motifs is 1. The van der Waals surface area contributed by atoms with E-state index in [1.807, 2.05) is 43.3 Å². The molecule has 1 aromatic heterocycles. The van der Waals surface area contributed by atoms with Gasteiger partial charge in [0.2, 0.25) is 0 Å². The van der Waals surface area contributed by atoms with Crippen molar-refractivity contribution in [2.24, 2.45) is 0 Å². The number of anilines is 1. The lowest BCUT2D eigenvalue weighted by atomic mass is 10.2. The summed E-state index contributed by atoms with van der Waals surface area (Å²) in [7, 11) is -4.22. The van der Waals surface area contributed by atoms with Crippen molar-refractivity contribution in [2.45, 2.75) is 6.92 Å². The van der Waals surface area contributed by atoms with Crippen LogP contribution in [0, 0.1) is 6.92 Å². The Bertz CT molecular complexity index is 799. The molecular formula is C15H16ClN2O4P. The summed E-state index contributed by atoms with van der Waals surface area (Å²) >= 11 is 4.81. The second kappa shape index (κ2) is 7.53. The molecule has 1 unspecified atom stereocenters. The van der Waals surface area contributed by atoms with E-state index in [0.29, 0.717) is 5.39 Å². The van der Waals surface area contributed by atoms with Crippen LogP contribution in [0.1, 0.15) is 5.56 Å². The van der Waals surface area contributed by atoms with Crippen molar-refractivity contribution in [3.8, 4) is 5.75 Å². The van der Waals surface area contributed by atoms with Crippen LogP contribution in [0.25, 0.3) is 10.9 Å². The number of nitrogen functional groups attached to an aromatic ring is 1. The lowest BCUT2D eigenvalue weighted by Crippen LogP contribution is -1.90. The highest BCUT2D eigenvalue weighted by atomic mass is 35.5. The van der Waals surface area contributed by atoms with Gasteiger partial charge in [-0.05, 0) is 31.2 Å². The monoisotopic (exact) mass is 354 g/mol. The molecule has 0 saturated heterocycles. The average molecular weight is 355 g/mol. The first kappa shape index (κ1) is 17.4. The Hall–Kier alpha value is -1.98. The van der Waals surface area contributed by atoms with Crippen LogP contribution in [0.3, 0.4) is 0 Å². The van der Waals surface area contributed by atoms with Gasteiger partial charge in [-0.2, -0.15) is 4.08 Å². The molecule has 0 spiro atoms. The van der Waals surface area contributed by atoms with Crippen molar-refractivity contribution >= 4 is 36.3 Å². The minimum absolute atomic E-state index is 0.220. The topological polar surface area (TPSA) is 97.6 Å². The first-order chi connectivity index (χ1) is 10.9. The summed E-state index contributed by atoms with van der Waals surface area (Å²) < 4.78 is 19.6. The van der Waals surface area contributed by atoms with Crippen molar-refractivity contribution in [3.63, 3.8) is 0 Å². The number of H-pyrrole nitrogens is 1. The van der Waals surface area contributed by atoms with Crippen molar-refractivity contribution < 1.29 is 18.1 Å². The normalized spacial score (nSPS) is 13.0. The summed E-state index contributed by atoms with van der Waals surface area (Å²) in [6, 6.07) is 15.0. The molecule has 0 fully saturated rings. The summed E-state index contributed by atoms with van der Waals surface area (Å²) in [6.45, 7) is 2.04. The van der Waals surface area contributed by atoms with E-state index in [2.05, 4.69) is 9.06 Å². The number of aryl methyl sites for hydroxylation is 1. The third kappa shape index (κ3) is 5.01. The zero-order valence-electron chi connectivity index (χ0n) is 12.3. The lowest BCUT2D eigenvalue weighted by Gasteiger charge is -2.06. The maximum atomic E-state index is 11.1. The molecule has 0 aliphatic rings. The number of phosphoric acid groups is 1. The number of hydrogen-bond donors (Lipinski definition) is 3. The number of nitrogens with two attached hydrogens (primary N) is 1. The quantitative estimate of drug-likeness (QED) is 0.478. The van der Waals surface area contributed by atoms with Gasteiger partial charge in [0.15, 0.2) is 5.75 Å². The van der Waals surface area contributed by atoms with Crippen LogP contribution in [-0.2, 0) is 8.64 Å². The van der Waals surface area contributed by atoms with Crippen LogP contribution in [0.5, 0.6) is 5.75 Å². The minimum atomic E-state index is -4.22. The van der Waals surface area contributed by atoms with Gasteiger partial charge in [-0.3, -0.25) is 4.89 Å². The van der Waals surface area contributed by atoms with Crippen molar-refractivity contribution in [2.75, 3.05) is 5.73 Å². The smallest absolute Gasteiger partial charge is 0.401 e. The van der Waals surface area contributed by atoms with Crippen LogP contribution in [0.15, 0.2) is 54.7 Å². The molecule has 8 heteroatoms. The molecule has 1 atom stereocenters. The molecule has 6 nitrogen and oxygen atoms in total. The van der Waals surface area contributed by atoms with Crippen molar-refractivity contribution in [1.82, 2.24) is 4.98 Å². The molecule has 0 aliphatic heterocycles. The van der Waals surface area contributed by atoms with Gasteiger partial charge in [0.25, 0.3) is 0 Å². The van der Waals surface area contributed by atoms with E-state index in [4.69, 9.17) is 27.0 Å². The number of phosphoric ester groups is 1. The number of para-hydroxylation sites is 1. The predicted octanol–water partition coefficient (Wildman–Crippen LogP) is 4.39. The molecule has 0 aliphatic carbocycles. The second-order valence-electron chi connectivity index (χ2n) is 4.74. The Kier molecular flexibility index (Phi) is 5.69. The Morgan fingerprint density at radius 2 is 1.83 bits per heavy atom. The average Bonchev–Trinajstić information content (AvgIpc) is 2.94. The van der Waals surface area contributed by atoms with Gasteiger partial charge in [0.05, 0.1) is 11.9 Å². The molecule has 0 radical (unpaired) electrons. The SMILES string of the molecule is Cc1ccc(N)cc1.O=P(O)(OCl)Oc1c[nH]c2ccccc12. The van der Waals surface area contributed by atoms with E-state index in [1.165, 1.54) is 11.8 Å². The summed E-state index contributed by atoms with van der Waals surface area (Å²) in [4.78, 5) is 11.9. The van der Waals surface area contributed by atoms with Crippen LogP contribution in [0.4, 0.5) is 5.69 Å². The third-order valence-electron chi connectivity index (χ3n) is 2.93. The summed E-state index contributed by atoms with van der Waals surface area (Å²) in [5, 5.41) is 0.681. The first-order valence-corrected chi connectivity index (χ1v) is 8.42. The number of aromatic nitrogens is 1. The number of halogens is 1. The van der Waals surface area contributed by atoms with Gasteiger partial charge >= 0.3 is 7.82 Å². The predicted molar refractivity (Wildman–Crippen MR) is 91.3 cm³/mol. The number of nitrogens with one attached hydrogen (secondary N) is 1. The molecule has 0 saturated carbocycles. The fourth-order valence-electron chi connectivity index (χ4n) is 1.83. The summed E-state index contributed by atoms with van der Waals surface area (Å²) in [6.07, 6.45) is 1.46. The molecular weight excluding hydrogens is 339 g/mol. The lowest BCUT2D eigenvalue weighted by molar-refractivity contribution is 0.301. The molecule has 0 bridgehead atoms. The van der Waals surface area contributed by atoms with Crippen LogP contribution in [0.2, 0.25) is 0 Å². The van der Waals surface area contributed by atoms with Crippen molar-refractivity contribution in [1.29, 1.82) is 0 Å². The Balaban J connectivity index is 0.000000203. The number of rotatable bonds is 3. The molecule has 3 rings (SSSR count). The van der Waals surface area contributed by atoms with Crippen molar-refractivity contribution in [3.05, 3.63) is 60.3 Å². The zero-order valence-corrected chi connectivity index (χ0v) is 13.9. The van der Waals surface area contributed by atoms with Crippen LogP contribution in [-0.4, -0.2) is 9.88 Å². The van der Waals surface area contributed by atoms with Gasteiger partial charge < -0.3 is 15.2 Å². The maximum Gasteiger partial charge on any atom is 0.544 e. The van der Waals surface area contributed by atoms with E-state index >= 15 is 0 Å². The van der Waals surface area contributed by atoms with E-state index < -0.39 is 7.82 Å². The minimum Gasteiger partial charge on any atom is -0.401 e. The number of hydrogen-bond acceptors (Lipinski definition) is 4. The number of benzene rings is 2. The molecule has 1 heterocycles. The molecule has 2 aromatic carbocycles. The number of aromatic amines is 1. The standard InChI is InChI=1S/C8H7ClNO4P.C7H9N/c9-14-15(11,12)13-8-5-10-7-4-2-1-3-6(7)8;1-6-2-4-7(8)5-3-6/h1-5,10H,(H,11,12);2-5H,8H2,1H3. The Labute approximate surface area is 138 Å². The van der Waals surface area contributed by atoms with E-state index in [9.17, 15) is 4.57 Å². The fraction of sp³-hybridized carbons (Fsp3) is 0.0667. The van der Waals surface area contributed by atoms with E-state index in [0.717, 1.165) is 11.2 Å². The highest BCUT2D eigenvalue weighted by molar-refractivity contribution is 7.48. The van der Waals surface area contributed by atoms with E-state index in [-0.39, 0.29) is 5.75 Å². The second-order valence-corrected chi connectivity index (χ2v) is 6.41. The zero-order chi connectivity index (χ0) is 16.9. The highest BCUT2D eigenvalue weighted by Crippen LogP contribution is 2.46. The Morgan fingerprint density at radius 1 is 1.17 bits per heavy atom. The maximum absolute atomic E-state index is 11.1. The highest BCUT2D eigenvalue weighted by Gasteiger charge is 2.23. The molecule has 0 amide bonds. The molecule has 3 aromatic rings. The largest absolute Gasteiger partial charge is 0.544 e. The van der Waals surface area contributed by atoms with Gasteiger partial charge in [-0.1, -0.05) is 29.8 Å².